The maximum absolute atomic E-state index is 13.0. The first kappa shape index (κ1) is 13.7. The molecule has 0 amide bonds. The Morgan fingerprint density at radius 1 is 1.35 bits per heavy atom. The summed E-state index contributed by atoms with van der Waals surface area (Å²) in [5.74, 6) is -2.15. The molecule has 0 bridgehead atoms. The molecule has 7 heteroatoms. The van der Waals surface area contributed by atoms with Crippen molar-refractivity contribution < 1.29 is 27.4 Å². The molecule has 1 rings (SSSR count). The number of alkyl halides is 3. The molecule has 0 unspecified atom stereocenters. The Kier molecular flexibility index (Phi) is 3.94. The van der Waals surface area contributed by atoms with Gasteiger partial charge in [0.1, 0.15) is 0 Å². The van der Waals surface area contributed by atoms with Gasteiger partial charge in [0.15, 0.2) is 11.6 Å². The van der Waals surface area contributed by atoms with Crippen LogP contribution in [0.1, 0.15) is 18.6 Å². The number of hydrogen-bond donors (Lipinski definition) is 2. The zero-order chi connectivity index (χ0) is 13.2. The summed E-state index contributed by atoms with van der Waals surface area (Å²) in [5.41, 5.74) is 5.43. The maximum atomic E-state index is 13.0. The first-order valence-corrected chi connectivity index (χ1v) is 4.69. The zero-order valence-corrected chi connectivity index (χ0v) is 8.83. The molecule has 3 nitrogen and oxygen atoms in total. The minimum atomic E-state index is -4.99. The van der Waals surface area contributed by atoms with Crippen LogP contribution in [0.5, 0.6) is 5.75 Å². The summed E-state index contributed by atoms with van der Waals surface area (Å²) in [6.45, 7) is 1.47. The number of hydrogen-bond acceptors (Lipinski definition) is 3. The fourth-order valence-corrected chi connectivity index (χ4v) is 1.21. The highest BCUT2D eigenvalue weighted by Crippen LogP contribution is 2.28. The largest absolute Gasteiger partial charge is 0.573 e. The molecule has 0 fully saturated rings. The van der Waals surface area contributed by atoms with Gasteiger partial charge in [-0.1, -0.05) is 6.07 Å². The number of rotatable bonds is 3. The van der Waals surface area contributed by atoms with E-state index in [4.69, 9.17) is 5.73 Å². The first-order valence-electron chi connectivity index (χ1n) is 4.69. The summed E-state index contributed by atoms with van der Waals surface area (Å²) in [6, 6.07) is 2.00. The SMILES string of the molecule is C[C@H](N)[C@H](O)c1ccc(F)c(OC(F)(F)F)c1. The van der Waals surface area contributed by atoms with Crippen molar-refractivity contribution in [3.8, 4) is 5.75 Å². The predicted octanol–water partition coefficient (Wildman–Crippen LogP) is 2.10. The smallest absolute Gasteiger partial charge is 0.403 e. The van der Waals surface area contributed by atoms with Crippen LogP contribution in [0.4, 0.5) is 17.6 Å². The highest BCUT2D eigenvalue weighted by Gasteiger charge is 2.32. The molecule has 0 saturated carbocycles. The van der Waals surface area contributed by atoms with Gasteiger partial charge < -0.3 is 15.6 Å². The molecule has 0 aliphatic heterocycles. The molecule has 0 saturated heterocycles. The fraction of sp³-hybridized carbons (Fsp3) is 0.400. The van der Waals surface area contributed by atoms with Gasteiger partial charge in [-0.2, -0.15) is 0 Å². The third-order valence-electron chi connectivity index (χ3n) is 2.02. The highest BCUT2D eigenvalue weighted by atomic mass is 19.4. The van der Waals surface area contributed by atoms with Crippen LogP contribution in [-0.2, 0) is 0 Å². The van der Waals surface area contributed by atoms with Crippen molar-refractivity contribution in [1.82, 2.24) is 0 Å². The van der Waals surface area contributed by atoms with Crippen molar-refractivity contribution in [3.05, 3.63) is 29.6 Å². The second kappa shape index (κ2) is 4.89. The van der Waals surface area contributed by atoms with Gasteiger partial charge in [0.05, 0.1) is 6.10 Å². The molecule has 0 heterocycles. The Hall–Kier alpha value is -1.34. The number of benzene rings is 1. The van der Waals surface area contributed by atoms with Crippen molar-refractivity contribution in [1.29, 1.82) is 0 Å². The molecule has 3 N–H and O–H groups in total. The van der Waals surface area contributed by atoms with E-state index in [0.717, 1.165) is 18.2 Å². The molecule has 0 aliphatic rings. The Bertz CT molecular complexity index is 392. The topological polar surface area (TPSA) is 55.5 Å². The van der Waals surface area contributed by atoms with Gasteiger partial charge in [0, 0.05) is 6.04 Å². The summed E-state index contributed by atoms with van der Waals surface area (Å²) in [7, 11) is 0. The average Bonchev–Trinajstić information content (AvgIpc) is 2.18. The van der Waals surface area contributed by atoms with Crippen molar-refractivity contribution >= 4 is 0 Å². The fourth-order valence-electron chi connectivity index (χ4n) is 1.21. The van der Waals surface area contributed by atoms with E-state index in [2.05, 4.69) is 4.74 Å². The van der Waals surface area contributed by atoms with Gasteiger partial charge in [-0.25, -0.2) is 4.39 Å². The van der Waals surface area contributed by atoms with Gasteiger partial charge in [-0.15, -0.1) is 13.2 Å². The minimum absolute atomic E-state index is 0.0562. The Morgan fingerprint density at radius 2 is 1.94 bits per heavy atom. The van der Waals surface area contributed by atoms with Crippen LogP contribution >= 0.6 is 0 Å². The van der Waals surface area contributed by atoms with Gasteiger partial charge in [-0.3, -0.25) is 0 Å². The molecule has 0 aromatic heterocycles. The Morgan fingerprint density at radius 3 is 2.41 bits per heavy atom. The number of aliphatic hydroxyl groups excluding tert-OH is 1. The van der Waals surface area contributed by atoms with Crippen LogP contribution in [0.3, 0.4) is 0 Å². The number of halogens is 4. The van der Waals surface area contributed by atoms with Crippen molar-refractivity contribution in [2.45, 2.75) is 25.4 Å². The lowest BCUT2D eigenvalue weighted by atomic mass is 10.0. The van der Waals surface area contributed by atoms with Crippen molar-refractivity contribution in [2.75, 3.05) is 0 Å². The molecular weight excluding hydrogens is 242 g/mol. The van der Waals surface area contributed by atoms with E-state index in [1.807, 2.05) is 0 Å². The average molecular weight is 253 g/mol. The van der Waals surface area contributed by atoms with Gasteiger partial charge >= 0.3 is 6.36 Å². The Balaban J connectivity index is 3.02. The highest BCUT2D eigenvalue weighted by molar-refractivity contribution is 5.32. The Labute approximate surface area is 94.8 Å². The third-order valence-corrected chi connectivity index (χ3v) is 2.02. The normalized spacial score (nSPS) is 15.5. The van der Waals surface area contributed by atoms with Gasteiger partial charge in [0.25, 0.3) is 0 Å². The summed E-state index contributed by atoms with van der Waals surface area (Å²) in [5, 5.41) is 9.53. The van der Waals surface area contributed by atoms with E-state index in [9.17, 15) is 22.7 Å². The molecule has 1 aromatic rings. The van der Waals surface area contributed by atoms with Crippen LogP contribution < -0.4 is 10.5 Å². The number of nitrogens with two attached hydrogens (primary N) is 1. The molecule has 2 atom stereocenters. The van der Waals surface area contributed by atoms with Crippen LogP contribution in [-0.4, -0.2) is 17.5 Å². The van der Waals surface area contributed by atoms with Crippen LogP contribution in [0.2, 0.25) is 0 Å². The lowest BCUT2D eigenvalue weighted by molar-refractivity contribution is -0.275. The molecule has 17 heavy (non-hydrogen) atoms. The monoisotopic (exact) mass is 253 g/mol. The molecule has 0 radical (unpaired) electrons. The summed E-state index contributed by atoms with van der Waals surface area (Å²) in [6.07, 6.45) is -6.18. The van der Waals surface area contributed by atoms with Gasteiger partial charge in [0.2, 0.25) is 0 Å². The van der Waals surface area contributed by atoms with E-state index in [0.29, 0.717) is 0 Å². The predicted molar refractivity (Wildman–Crippen MR) is 51.7 cm³/mol. The zero-order valence-electron chi connectivity index (χ0n) is 8.83. The summed E-state index contributed by atoms with van der Waals surface area (Å²) < 4.78 is 52.3. The van der Waals surface area contributed by atoms with E-state index >= 15 is 0 Å². The molecule has 0 spiro atoms. The van der Waals surface area contributed by atoms with E-state index < -0.39 is 30.1 Å². The van der Waals surface area contributed by atoms with E-state index in [1.165, 1.54) is 6.92 Å². The van der Waals surface area contributed by atoms with Gasteiger partial charge in [-0.05, 0) is 24.6 Å². The second-order valence-electron chi connectivity index (χ2n) is 3.54. The minimum Gasteiger partial charge on any atom is -0.403 e. The standard InChI is InChI=1S/C10H11F4NO2/c1-5(15)9(16)6-2-3-7(11)8(4-6)17-10(12,13)14/h2-5,9,16H,15H2,1H3/t5-,9-/m0/s1. The summed E-state index contributed by atoms with van der Waals surface area (Å²) >= 11 is 0. The molecule has 0 aliphatic carbocycles. The van der Waals surface area contributed by atoms with E-state index in [1.54, 1.807) is 0 Å². The van der Waals surface area contributed by atoms with Crippen molar-refractivity contribution in [2.24, 2.45) is 5.73 Å². The maximum Gasteiger partial charge on any atom is 0.573 e. The second-order valence-corrected chi connectivity index (χ2v) is 3.54. The van der Waals surface area contributed by atoms with Crippen LogP contribution in [0, 0.1) is 5.82 Å². The molecule has 96 valence electrons. The van der Waals surface area contributed by atoms with Crippen LogP contribution in [0.25, 0.3) is 0 Å². The number of ether oxygens (including phenoxy) is 1. The first-order chi connectivity index (χ1) is 7.70. The quantitative estimate of drug-likeness (QED) is 0.811. The molecular formula is C10H11F4NO2. The lowest BCUT2D eigenvalue weighted by Crippen LogP contribution is -2.24. The summed E-state index contributed by atoms with van der Waals surface area (Å²) in [4.78, 5) is 0. The third kappa shape index (κ3) is 3.86. The number of aliphatic hydroxyl groups is 1. The molecule has 1 aromatic carbocycles. The van der Waals surface area contributed by atoms with Crippen molar-refractivity contribution in [3.63, 3.8) is 0 Å². The van der Waals surface area contributed by atoms with E-state index in [-0.39, 0.29) is 5.56 Å². The lowest BCUT2D eigenvalue weighted by Gasteiger charge is -2.16. The van der Waals surface area contributed by atoms with Crippen LogP contribution in [0.15, 0.2) is 18.2 Å².